The maximum Gasteiger partial charge on any atom is 0.258 e. The van der Waals surface area contributed by atoms with Gasteiger partial charge in [-0.15, -0.1) is 0 Å². The van der Waals surface area contributed by atoms with Crippen molar-refractivity contribution >= 4 is 5.91 Å². The molecule has 0 unspecified atom stereocenters. The highest BCUT2D eigenvalue weighted by Gasteiger charge is 2.34. The van der Waals surface area contributed by atoms with Gasteiger partial charge in [0.25, 0.3) is 5.56 Å². The Kier molecular flexibility index (Phi) is 4.40. The van der Waals surface area contributed by atoms with Crippen LogP contribution in [0.2, 0.25) is 0 Å². The number of nitrogens with zero attached hydrogens (tertiary/aromatic N) is 4. The van der Waals surface area contributed by atoms with Gasteiger partial charge in [-0.2, -0.15) is 0 Å². The number of aromatic nitrogens is 2. The van der Waals surface area contributed by atoms with Crippen LogP contribution < -0.4 is 5.56 Å². The number of aryl methyl sites for hydroxylation is 1. The van der Waals surface area contributed by atoms with Gasteiger partial charge in [0.1, 0.15) is 11.6 Å². The third kappa shape index (κ3) is 3.07. The molecule has 0 aromatic carbocycles. The number of likely N-dealkylation sites (tertiary alicyclic amines) is 1. The molecule has 7 heteroatoms. The first kappa shape index (κ1) is 17.0. The van der Waals surface area contributed by atoms with Gasteiger partial charge in [0.2, 0.25) is 5.91 Å². The van der Waals surface area contributed by atoms with Crippen molar-refractivity contribution in [3.63, 3.8) is 0 Å². The molecule has 0 bridgehead atoms. The molecule has 0 spiro atoms. The first-order chi connectivity index (χ1) is 12.5. The summed E-state index contributed by atoms with van der Waals surface area (Å²) in [6.45, 7) is 5.09. The number of amides is 1. The molecule has 1 saturated heterocycles. The van der Waals surface area contributed by atoms with E-state index in [1.165, 1.54) is 0 Å². The molecule has 0 radical (unpaired) electrons. The van der Waals surface area contributed by atoms with E-state index in [9.17, 15) is 9.59 Å². The van der Waals surface area contributed by atoms with Crippen LogP contribution in [-0.2, 0) is 31.5 Å². The minimum Gasteiger partial charge on any atom is -0.468 e. The van der Waals surface area contributed by atoms with Crippen molar-refractivity contribution in [2.45, 2.75) is 39.4 Å². The molecule has 1 amide bonds. The van der Waals surface area contributed by atoms with Crippen LogP contribution in [0.5, 0.6) is 0 Å². The number of fused-ring (bicyclic) bond motifs is 1. The largest absolute Gasteiger partial charge is 0.468 e. The van der Waals surface area contributed by atoms with Crippen LogP contribution in [0.25, 0.3) is 0 Å². The summed E-state index contributed by atoms with van der Waals surface area (Å²) in [7, 11) is 1.73. The Labute approximate surface area is 152 Å². The lowest BCUT2D eigenvalue weighted by Gasteiger charge is -2.33. The number of rotatable bonds is 3. The molecule has 4 heterocycles. The zero-order chi connectivity index (χ0) is 18.3. The van der Waals surface area contributed by atoms with Crippen molar-refractivity contribution < 1.29 is 9.21 Å². The summed E-state index contributed by atoms with van der Waals surface area (Å²) in [6.07, 6.45) is 3.57. The first-order valence-electron chi connectivity index (χ1n) is 9.12. The van der Waals surface area contributed by atoms with Crippen molar-refractivity contribution in [2.75, 3.05) is 13.1 Å². The third-order valence-electron chi connectivity index (χ3n) is 5.51. The fourth-order valence-electron chi connectivity index (χ4n) is 3.97. The zero-order valence-electron chi connectivity index (χ0n) is 15.3. The lowest BCUT2D eigenvalue weighted by Crippen LogP contribution is -2.43. The Morgan fingerprint density at radius 3 is 3.00 bits per heavy atom. The van der Waals surface area contributed by atoms with E-state index in [4.69, 9.17) is 4.42 Å². The van der Waals surface area contributed by atoms with Crippen molar-refractivity contribution in [2.24, 2.45) is 13.0 Å². The van der Waals surface area contributed by atoms with Gasteiger partial charge in [0, 0.05) is 13.6 Å². The van der Waals surface area contributed by atoms with Gasteiger partial charge < -0.3 is 9.32 Å². The number of carbonyl (C=O) groups is 1. The van der Waals surface area contributed by atoms with Crippen LogP contribution in [0.15, 0.2) is 27.6 Å². The van der Waals surface area contributed by atoms with Crippen LogP contribution >= 0.6 is 0 Å². The molecule has 1 atom stereocenters. The smallest absolute Gasteiger partial charge is 0.258 e. The Morgan fingerprint density at radius 2 is 2.23 bits per heavy atom. The number of carbonyl (C=O) groups excluding carboxylic acids is 1. The zero-order valence-corrected chi connectivity index (χ0v) is 15.3. The van der Waals surface area contributed by atoms with Gasteiger partial charge in [-0.05, 0) is 38.4 Å². The van der Waals surface area contributed by atoms with Crippen molar-refractivity contribution in [1.29, 1.82) is 0 Å². The standard InChI is InChI=1S/C19H24N4O3/c1-13-20-17-12-23(11-16(17)19(25)21(13)2)18(24)14-5-3-7-22(9-14)10-15-6-4-8-26-15/h4,6,8,14H,3,5,7,9-12H2,1-2H3/t14-/m0/s1. The molecule has 26 heavy (non-hydrogen) atoms. The average Bonchev–Trinajstić information content (AvgIpc) is 3.29. The van der Waals surface area contributed by atoms with Crippen molar-refractivity contribution in [3.8, 4) is 0 Å². The summed E-state index contributed by atoms with van der Waals surface area (Å²) in [4.78, 5) is 34.0. The number of hydrogen-bond donors (Lipinski definition) is 0. The molecule has 138 valence electrons. The molecule has 1 fully saturated rings. The predicted octanol–water partition coefficient (Wildman–Crippen LogP) is 1.44. The van der Waals surface area contributed by atoms with Gasteiger partial charge in [-0.25, -0.2) is 4.98 Å². The maximum absolute atomic E-state index is 13.0. The van der Waals surface area contributed by atoms with Crippen LogP contribution in [0.4, 0.5) is 0 Å². The second-order valence-electron chi connectivity index (χ2n) is 7.30. The quantitative estimate of drug-likeness (QED) is 0.832. The van der Waals surface area contributed by atoms with E-state index >= 15 is 0 Å². The lowest BCUT2D eigenvalue weighted by atomic mass is 9.96. The van der Waals surface area contributed by atoms with Gasteiger partial charge in [-0.3, -0.25) is 19.1 Å². The fourth-order valence-corrected chi connectivity index (χ4v) is 3.97. The Morgan fingerprint density at radius 1 is 1.38 bits per heavy atom. The summed E-state index contributed by atoms with van der Waals surface area (Å²) in [6, 6.07) is 3.85. The molecule has 2 aliphatic rings. The topological polar surface area (TPSA) is 71.6 Å². The molecule has 0 saturated carbocycles. The van der Waals surface area contributed by atoms with E-state index in [2.05, 4.69) is 9.88 Å². The summed E-state index contributed by atoms with van der Waals surface area (Å²) >= 11 is 0. The highest BCUT2D eigenvalue weighted by Crippen LogP contribution is 2.25. The minimum absolute atomic E-state index is 0.0297. The molecular weight excluding hydrogens is 332 g/mol. The summed E-state index contributed by atoms with van der Waals surface area (Å²) in [5.74, 6) is 1.71. The molecule has 4 rings (SSSR count). The SMILES string of the molecule is Cc1nc2c(c(=O)n1C)CN(C(=O)[C@H]1CCCN(Cc3ccco3)C1)C2. The molecular formula is C19H24N4O3. The minimum atomic E-state index is -0.0362. The molecule has 0 N–H and O–H groups in total. The normalized spacial score (nSPS) is 20.4. The van der Waals surface area contributed by atoms with E-state index in [0.717, 1.165) is 43.9 Å². The van der Waals surface area contributed by atoms with E-state index < -0.39 is 0 Å². The van der Waals surface area contributed by atoms with Gasteiger partial charge in [0.05, 0.1) is 43.1 Å². The molecule has 7 nitrogen and oxygen atoms in total. The number of furan rings is 1. The Hall–Kier alpha value is -2.41. The van der Waals surface area contributed by atoms with Crippen LogP contribution in [0.3, 0.4) is 0 Å². The monoisotopic (exact) mass is 356 g/mol. The Bertz CT molecular complexity index is 872. The van der Waals surface area contributed by atoms with Crippen LogP contribution in [0, 0.1) is 12.8 Å². The number of piperidine rings is 1. The molecule has 0 aliphatic carbocycles. The second kappa shape index (κ2) is 6.72. The van der Waals surface area contributed by atoms with Gasteiger partial charge in [-0.1, -0.05) is 0 Å². The predicted molar refractivity (Wildman–Crippen MR) is 95.2 cm³/mol. The summed E-state index contributed by atoms with van der Waals surface area (Å²) < 4.78 is 6.98. The summed E-state index contributed by atoms with van der Waals surface area (Å²) in [5.41, 5.74) is 1.38. The number of hydrogen-bond acceptors (Lipinski definition) is 5. The molecule has 2 aromatic heterocycles. The van der Waals surface area contributed by atoms with Gasteiger partial charge >= 0.3 is 0 Å². The third-order valence-corrected chi connectivity index (χ3v) is 5.51. The van der Waals surface area contributed by atoms with Crippen molar-refractivity contribution in [3.05, 3.63) is 51.6 Å². The van der Waals surface area contributed by atoms with Gasteiger partial charge in [0.15, 0.2) is 0 Å². The molecule has 2 aliphatic heterocycles. The van der Waals surface area contributed by atoms with Crippen LogP contribution in [-0.4, -0.2) is 38.3 Å². The van der Waals surface area contributed by atoms with E-state index in [1.54, 1.807) is 22.8 Å². The highest BCUT2D eigenvalue weighted by molar-refractivity contribution is 5.79. The lowest BCUT2D eigenvalue weighted by molar-refractivity contribution is -0.138. The first-order valence-corrected chi connectivity index (χ1v) is 9.12. The summed E-state index contributed by atoms with van der Waals surface area (Å²) in [5, 5.41) is 0. The molecule has 2 aromatic rings. The van der Waals surface area contributed by atoms with E-state index in [0.29, 0.717) is 24.5 Å². The maximum atomic E-state index is 13.0. The average molecular weight is 356 g/mol. The van der Waals surface area contributed by atoms with Crippen LogP contribution in [0.1, 0.15) is 35.7 Å². The second-order valence-corrected chi connectivity index (χ2v) is 7.30. The Balaban J connectivity index is 1.45. The van der Waals surface area contributed by atoms with E-state index in [1.807, 2.05) is 19.1 Å². The van der Waals surface area contributed by atoms with E-state index in [-0.39, 0.29) is 17.4 Å². The highest BCUT2D eigenvalue weighted by atomic mass is 16.3. The fraction of sp³-hybridized carbons (Fsp3) is 0.526. The van der Waals surface area contributed by atoms with Crippen molar-refractivity contribution in [1.82, 2.24) is 19.4 Å².